The van der Waals surface area contributed by atoms with Crippen LogP contribution in [0.3, 0.4) is 0 Å². The standard InChI is InChI=1S/C29H45NO4/c1-2-3-4-5-6-7-8-9-10-11-12-13-14-18-21-26(30-27(31)22-23-28(30)32)29(33)34-24-25-19-16-15-17-20-25/h15-17,19-20,26H,2-14,18,21-24H2,1H3. The molecule has 0 aliphatic carbocycles. The molecule has 1 saturated heterocycles. The van der Waals surface area contributed by atoms with Crippen LogP contribution in [0.5, 0.6) is 0 Å². The number of unbranched alkanes of at least 4 members (excludes halogenated alkanes) is 13. The van der Waals surface area contributed by atoms with Gasteiger partial charge in [-0.2, -0.15) is 0 Å². The van der Waals surface area contributed by atoms with Gasteiger partial charge in [0.15, 0.2) is 0 Å². The van der Waals surface area contributed by atoms with Gasteiger partial charge in [-0.25, -0.2) is 4.79 Å². The summed E-state index contributed by atoms with van der Waals surface area (Å²) in [4.78, 5) is 38.5. The summed E-state index contributed by atoms with van der Waals surface area (Å²) in [7, 11) is 0. The molecule has 0 spiro atoms. The Kier molecular flexibility index (Phi) is 14.3. The highest BCUT2D eigenvalue weighted by molar-refractivity contribution is 6.05. The summed E-state index contributed by atoms with van der Waals surface area (Å²) in [6, 6.07) is 8.68. The molecule has 1 unspecified atom stereocenters. The van der Waals surface area contributed by atoms with Gasteiger partial charge in [-0.3, -0.25) is 14.5 Å². The first-order valence-corrected chi connectivity index (χ1v) is 13.7. The number of hydrogen-bond acceptors (Lipinski definition) is 4. The molecule has 1 aliphatic heterocycles. The minimum absolute atomic E-state index is 0.158. The van der Waals surface area contributed by atoms with Crippen LogP contribution in [-0.4, -0.2) is 28.7 Å². The SMILES string of the molecule is CCCCCCCCCCCCCCCCC(C(=O)OCc1ccccc1)N1C(=O)CCC1=O. The number of benzene rings is 1. The van der Waals surface area contributed by atoms with Crippen LogP contribution in [-0.2, 0) is 25.7 Å². The van der Waals surface area contributed by atoms with Crippen molar-refractivity contribution in [2.24, 2.45) is 0 Å². The highest BCUT2D eigenvalue weighted by Crippen LogP contribution is 2.22. The van der Waals surface area contributed by atoms with Crippen molar-refractivity contribution in [3.63, 3.8) is 0 Å². The third kappa shape index (κ3) is 10.8. The Balaban J connectivity index is 1.61. The van der Waals surface area contributed by atoms with Gasteiger partial charge in [0.05, 0.1) is 0 Å². The highest BCUT2D eigenvalue weighted by Gasteiger charge is 2.39. The van der Waals surface area contributed by atoms with Gasteiger partial charge in [-0.1, -0.05) is 127 Å². The minimum atomic E-state index is -0.788. The number of rotatable bonds is 19. The fourth-order valence-electron chi connectivity index (χ4n) is 4.65. The first-order chi connectivity index (χ1) is 16.6. The lowest BCUT2D eigenvalue weighted by Gasteiger charge is -2.24. The average molecular weight is 472 g/mol. The zero-order chi connectivity index (χ0) is 24.4. The molecule has 0 radical (unpaired) electrons. The fraction of sp³-hybridized carbons (Fsp3) is 0.690. The maximum atomic E-state index is 12.8. The van der Waals surface area contributed by atoms with Crippen LogP contribution in [0.25, 0.3) is 0 Å². The molecular formula is C29H45NO4. The molecule has 1 heterocycles. The number of imide groups is 1. The number of ether oxygens (including phenoxy) is 1. The second kappa shape index (κ2) is 17.3. The van der Waals surface area contributed by atoms with Crippen LogP contribution >= 0.6 is 0 Å². The topological polar surface area (TPSA) is 63.7 Å². The molecule has 34 heavy (non-hydrogen) atoms. The van der Waals surface area contributed by atoms with Gasteiger partial charge in [-0.15, -0.1) is 0 Å². The van der Waals surface area contributed by atoms with E-state index in [1.54, 1.807) is 0 Å². The minimum Gasteiger partial charge on any atom is -0.459 e. The van der Waals surface area contributed by atoms with Crippen LogP contribution < -0.4 is 0 Å². The fourth-order valence-corrected chi connectivity index (χ4v) is 4.65. The van der Waals surface area contributed by atoms with Crippen LogP contribution in [0.2, 0.25) is 0 Å². The Morgan fingerprint density at radius 1 is 0.765 bits per heavy atom. The molecule has 1 aromatic carbocycles. The summed E-state index contributed by atoms with van der Waals surface area (Å²) in [5.74, 6) is -0.976. The lowest BCUT2D eigenvalue weighted by molar-refractivity contribution is -0.159. The number of hydrogen-bond donors (Lipinski definition) is 0. The molecule has 5 nitrogen and oxygen atoms in total. The number of likely N-dealkylation sites (tertiary alicyclic amines) is 1. The molecule has 0 aromatic heterocycles. The first-order valence-electron chi connectivity index (χ1n) is 13.7. The summed E-state index contributed by atoms with van der Waals surface area (Å²) < 4.78 is 5.48. The van der Waals surface area contributed by atoms with E-state index in [1.807, 2.05) is 30.3 Å². The molecule has 0 saturated carbocycles. The Morgan fingerprint density at radius 3 is 1.74 bits per heavy atom. The van der Waals surface area contributed by atoms with Gasteiger partial charge in [-0.05, 0) is 12.0 Å². The number of amides is 2. The van der Waals surface area contributed by atoms with Crippen molar-refractivity contribution in [2.45, 2.75) is 129 Å². The molecule has 2 rings (SSSR count). The van der Waals surface area contributed by atoms with Crippen LogP contribution in [0.1, 0.15) is 122 Å². The molecule has 190 valence electrons. The van der Waals surface area contributed by atoms with E-state index in [-0.39, 0.29) is 31.3 Å². The summed E-state index contributed by atoms with van der Waals surface area (Å²) in [6.07, 6.45) is 18.5. The van der Waals surface area contributed by atoms with Crippen molar-refractivity contribution in [1.29, 1.82) is 0 Å². The van der Waals surface area contributed by atoms with E-state index < -0.39 is 12.0 Å². The maximum Gasteiger partial charge on any atom is 0.329 e. The van der Waals surface area contributed by atoms with Crippen molar-refractivity contribution >= 4 is 17.8 Å². The zero-order valence-corrected chi connectivity index (χ0v) is 21.3. The second-order valence-electron chi connectivity index (χ2n) is 9.65. The Labute approximate surface area is 206 Å². The monoisotopic (exact) mass is 471 g/mol. The van der Waals surface area contributed by atoms with E-state index in [0.717, 1.165) is 29.7 Å². The van der Waals surface area contributed by atoms with E-state index in [9.17, 15) is 14.4 Å². The number of carbonyl (C=O) groups is 3. The summed E-state index contributed by atoms with van der Waals surface area (Å²) in [6.45, 7) is 2.42. The van der Waals surface area contributed by atoms with Gasteiger partial charge in [0, 0.05) is 12.8 Å². The van der Waals surface area contributed by atoms with E-state index in [1.165, 1.54) is 70.6 Å². The van der Waals surface area contributed by atoms with Crippen molar-refractivity contribution in [3.05, 3.63) is 35.9 Å². The normalized spacial score (nSPS) is 14.6. The quantitative estimate of drug-likeness (QED) is 0.122. The molecule has 5 heteroatoms. The third-order valence-electron chi connectivity index (χ3n) is 6.73. The van der Waals surface area contributed by atoms with E-state index >= 15 is 0 Å². The molecule has 1 aliphatic rings. The lowest BCUT2D eigenvalue weighted by atomic mass is 10.0. The molecule has 0 N–H and O–H groups in total. The number of carbonyl (C=O) groups excluding carboxylic acids is 3. The summed E-state index contributed by atoms with van der Waals surface area (Å²) in [5, 5.41) is 0. The van der Waals surface area contributed by atoms with Crippen molar-refractivity contribution in [2.75, 3.05) is 0 Å². The highest BCUT2D eigenvalue weighted by atomic mass is 16.5. The largest absolute Gasteiger partial charge is 0.459 e. The van der Waals surface area contributed by atoms with Crippen LogP contribution in [0.4, 0.5) is 0 Å². The average Bonchev–Trinajstić information content (AvgIpc) is 3.18. The zero-order valence-electron chi connectivity index (χ0n) is 21.3. The second-order valence-corrected chi connectivity index (χ2v) is 9.65. The van der Waals surface area contributed by atoms with Gasteiger partial charge in [0.1, 0.15) is 12.6 Å². The molecule has 1 fully saturated rings. The molecule has 2 amide bonds. The predicted octanol–water partition coefficient (Wildman–Crippen LogP) is 7.12. The number of esters is 1. The summed E-state index contributed by atoms with van der Waals surface area (Å²) in [5.41, 5.74) is 0.894. The van der Waals surface area contributed by atoms with Gasteiger partial charge < -0.3 is 4.74 Å². The van der Waals surface area contributed by atoms with Crippen molar-refractivity contribution in [1.82, 2.24) is 4.90 Å². The molecule has 1 atom stereocenters. The molecule has 1 aromatic rings. The van der Waals surface area contributed by atoms with E-state index in [0.29, 0.717) is 6.42 Å². The van der Waals surface area contributed by atoms with Gasteiger partial charge in [0.25, 0.3) is 0 Å². The van der Waals surface area contributed by atoms with E-state index in [2.05, 4.69) is 6.92 Å². The maximum absolute atomic E-state index is 12.8. The smallest absolute Gasteiger partial charge is 0.329 e. The van der Waals surface area contributed by atoms with Crippen molar-refractivity contribution in [3.8, 4) is 0 Å². The summed E-state index contributed by atoms with van der Waals surface area (Å²) >= 11 is 0. The van der Waals surface area contributed by atoms with Crippen molar-refractivity contribution < 1.29 is 19.1 Å². The Bertz CT molecular complexity index is 702. The van der Waals surface area contributed by atoms with Crippen LogP contribution in [0.15, 0.2) is 30.3 Å². The van der Waals surface area contributed by atoms with E-state index in [4.69, 9.17) is 4.74 Å². The number of nitrogens with zero attached hydrogens (tertiary/aromatic N) is 1. The van der Waals surface area contributed by atoms with Gasteiger partial charge in [0.2, 0.25) is 11.8 Å². The van der Waals surface area contributed by atoms with Crippen LogP contribution in [0, 0.1) is 0 Å². The third-order valence-corrected chi connectivity index (χ3v) is 6.73. The first kappa shape index (κ1) is 28.1. The molecule has 0 bridgehead atoms. The Morgan fingerprint density at radius 2 is 1.24 bits per heavy atom. The Hall–Kier alpha value is -2.17. The predicted molar refractivity (Wildman–Crippen MR) is 136 cm³/mol. The molecular weight excluding hydrogens is 426 g/mol. The van der Waals surface area contributed by atoms with Gasteiger partial charge >= 0.3 is 5.97 Å². The lowest BCUT2D eigenvalue weighted by Crippen LogP contribution is -2.45.